The van der Waals surface area contributed by atoms with E-state index < -0.39 is 5.82 Å². The highest BCUT2D eigenvalue weighted by molar-refractivity contribution is 6.31. The van der Waals surface area contributed by atoms with Crippen molar-refractivity contribution in [2.45, 2.75) is 6.54 Å². The highest BCUT2D eigenvalue weighted by Gasteiger charge is 2.07. The molecule has 19 heavy (non-hydrogen) atoms. The van der Waals surface area contributed by atoms with Crippen LogP contribution in [0.25, 0.3) is 0 Å². The van der Waals surface area contributed by atoms with E-state index in [2.05, 4.69) is 5.32 Å². The number of nitrogens with one attached hydrogen (secondary N) is 1. The number of phenolic OH excluding ortho intramolecular Hbond substituents is 1. The molecule has 100 valence electrons. The third-order valence-electron chi connectivity index (χ3n) is 2.71. The molecule has 0 amide bonds. The van der Waals surface area contributed by atoms with Gasteiger partial charge >= 0.3 is 0 Å². The fourth-order valence-corrected chi connectivity index (χ4v) is 1.83. The van der Waals surface area contributed by atoms with Crippen molar-refractivity contribution in [2.75, 3.05) is 12.4 Å². The van der Waals surface area contributed by atoms with Crippen molar-refractivity contribution in [3.63, 3.8) is 0 Å². The summed E-state index contributed by atoms with van der Waals surface area (Å²) in [6.07, 6.45) is 0. The van der Waals surface area contributed by atoms with Crippen LogP contribution in [-0.4, -0.2) is 12.2 Å². The van der Waals surface area contributed by atoms with Gasteiger partial charge in [0, 0.05) is 18.2 Å². The third kappa shape index (κ3) is 3.09. The molecule has 0 aromatic heterocycles. The minimum atomic E-state index is -0.503. The predicted molar refractivity (Wildman–Crippen MR) is 73.4 cm³/mol. The van der Waals surface area contributed by atoms with Crippen molar-refractivity contribution in [2.24, 2.45) is 0 Å². The SMILES string of the molecule is COc1ccc(CNc2cccc(Cl)c2F)c(O)c1. The van der Waals surface area contributed by atoms with Gasteiger partial charge in [-0.25, -0.2) is 4.39 Å². The first-order valence-electron chi connectivity index (χ1n) is 5.65. The van der Waals surface area contributed by atoms with Crippen molar-refractivity contribution < 1.29 is 14.2 Å². The number of hydrogen-bond donors (Lipinski definition) is 2. The average Bonchev–Trinajstić information content (AvgIpc) is 2.41. The minimum Gasteiger partial charge on any atom is -0.507 e. The molecule has 0 saturated carbocycles. The second-order valence-corrected chi connectivity index (χ2v) is 4.36. The molecule has 5 heteroatoms. The van der Waals surface area contributed by atoms with Crippen molar-refractivity contribution >= 4 is 17.3 Å². The van der Waals surface area contributed by atoms with Crippen LogP contribution in [-0.2, 0) is 6.54 Å². The average molecular weight is 282 g/mol. The lowest BCUT2D eigenvalue weighted by atomic mass is 10.2. The molecular formula is C14H13ClFNO2. The van der Waals surface area contributed by atoms with Gasteiger partial charge in [-0.05, 0) is 24.3 Å². The Balaban J connectivity index is 2.12. The monoisotopic (exact) mass is 281 g/mol. The van der Waals surface area contributed by atoms with Crippen molar-refractivity contribution in [1.29, 1.82) is 0 Å². The van der Waals surface area contributed by atoms with Crippen LogP contribution in [0.3, 0.4) is 0 Å². The van der Waals surface area contributed by atoms with Gasteiger partial charge in [-0.3, -0.25) is 0 Å². The Morgan fingerprint density at radius 3 is 2.79 bits per heavy atom. The summed E-state index contributed by atoms with van der Waals surface area (Å²) in [5.74, 6) is 0.154. The summed E-state index contributed by atoms with van der Waals surface area (Å²) < 4.78 is 18.6. The van der Waals surface area contributed by atoms with E-state index in [0.29, 0.717) is 17.0 Å². The summed E-state index contributed by atoms with van der Waals surface area (Å²) in [4.78, 5) is 0. The zero-order chi connectivity index (χ0) is 13.8. The molecule has 0 heterocycles. The molecule has 0 radical (unpaired) electrons. The Bertz CT molecular complexity index is 590. The van der Waals surface area contributed by atoms with Crippen molar-refractivity contribution in [3.8, 4) is 11.5 Å². The lowest BCUT2D eigenvalue weighted by molar-refractivity contribution is 0.406. The molecule has 0 bridgehead atoms. The fraction of sp³-hybridized carbons (Fsp3) is 0.143. The van der Waals surface area contributed by atoms with E-state index in [1.54, 1.807) is 24.3 Å². The zero-order valence-corrected chi connectivity index (χ0v) is 11.0. The molecule has 2 rings (SSSR count). The Hall–Kier alpha value is -1.94. The molecule has 2 aromatic carbocycles. The van der Waals surface area contributed by atoms with Crippen LogP contribution in [0.5, 0.6) is 11.5 Å². The summed E-state index contributed by atoms with van der Waals surface area (Å²) in [7, 11) is 1.52. The van der Waals surface area contributed by atoms with Crippen LogP contribution < -0.4 is 10.1 Å². The van der Waals surface area contributed by atoms with Gasteiger partial charge in [0.05, 0.1) is 17.8 Å². The molecule has 3 nitrogen and oxygen atoms in total. The highest BCUT2D eigenvalue weighted by atomic mass is 35.5. The van der Waals surface area contributed by atoms with Gasteiger partial charge in [0.15, 0.2) is 5.82 Å². The third-order valence-corrected chi connectivity index (χ3v) is 3.01. The Morgan fingerprint density at radius 1 is 1.32 bits per heavy atom. The first-order valence-corrected chi connectivity index (χ1v) is 6.03. The van der Waals surface area contributed by atoms with Crippen molar-refractivity contribution in [3.05, 3.63) is 52.8 Å². The Morgan fingerprint density at radius 2 is 2.11 bits per heavy atom. The Labute approximate surface area is 115 Å². The molecule has 0 atom stereocenters. The molecule has 0 aliphatic carbocycles. The van der Waals surface area contributed by atoms with Gasteiger partial charge in [-0.2, -0.15) is 0 Å². The zero-order valence-electron chi connectivity index (χ0n) is 10.3. The molecule has 2 N–H and O–H groups in total. The van der Waals surface area contributed by atoms with Gasteiger partial charge < -0.3 is 15.2 Å². The normalized spacial score (nSPS) is 10.3. The van der Waals surface area contributed by atoms with Gasteiger partial charge in [-0.1, -0.05) is 17.7 Å². The van der Waals surface area contributed by atoms with E-state index in [1.807, 2.05) is 0 Å². The van der Waals surface area contributed by atoms with Crippen molar-refractivity contribution in [1.82, 2.24) is 0 Å². The van der Waals surface area contributed by atoms with Gasteiger partial charge in [0.1, 0.15) is 11.5 Å². The molecule has 0 aliphatic rings. The molecule has 0 saturated heterocycles. The lowest BCUT2D eigenvalue weighted by Gasteiger charge is -2.10. The topological polar surface area (TPSA) is 41.5 Å². The van der Waals surface area contributed by atoms with Gasteiger partial charge in [-0.15, -0.1) is 0 Å². The standard InChI is InChI=1S/C14H13ClFNO2/c1-19-10-6-5-9(13(18)7-10)8-17-12-4-2-3-11(15)14(12)16/h2-7,17-18H,8H2,1H3. The number of hydrogen-bond acceptors (Lipinski definition) is 3. The van der Waals surface area contributed by atoms with E-state index in [4.69, 9.17) is 16.3 Å². The van der Waals surface area contributed by atoms with E-state index in [9.17, 15) is 9.50 Å². The molecular weight excluding hydrogens is 269 g/mol. The largest absolute Gasteiger partial charge is 0.507 e. The lowest BCUT2D eigenvalue weighted by Crippen LogP contribution is -2.02. The number of halogens is 2. The van der Waals surface area contributed by atoms with E-state index >= 15 is 0 Å². The smallest absolute Gasteiger partial charge is 0.164 e. The van der Waals surface area contributed by atoms with E-state index in [1.165, 1.54) is 19.2 Å². The number of anilines is 1. The van der Waals surface area contributed by atoms with Gasteiger partial charge in [0.25, 0.3) is 0 Å². The fourth-order valence-electron chi connectivity index (χ4n) is 1.65. The summed E-state index contributed by atoms with van der Waals surface area (Å²) in [5, 5.41) is 12.7. The van der Waals surface area contributed by atoms with E-state index in [-0.39, 0.29) is 17.3 Å². The summed E-state index contributed by atoms with van der Waals surface area (Å²) >= 11 is 5.69. The molecule has 2 aromatic rings. The van der Waals surface area contributed by atoms with Crippen LogP contribution in [0.15, 0.2) is 36.4 Å². The maximum atomic E-state index is 13.6. The van der Waals surface area contributed by atoms with Crippen LogP contribution in [0.4, 0.5) is 10.1 Å². The molecule has 0 aliphatic heterocycles. The number of ether oxygens (including phenoxy) is 1. The molecule has 0 unspecified atom stereocenters. The second kappa shape index (κ2) is 5.80. The van der Waals surface area contributed by atoms with Crippen LogP contribution in [0, 0.1) is 5.82 Å². The highest BCUT2D eigenvalue weighted by Crippen LogP contribution is 2.26. The number of aromatic hydroxyl groups is 1. The number of methoxy groups -OCH3 is 1. The quantitative estimate of drug-likeness (QED) is 0.895. The van der Waals surface area contributed by atoms with Crippen LogP contribution in [0.2, 0.25) is 5.02 Å². The number of benzene rings is 2. The summed E-state index contributed by atoms with van der Waals surface area (Å²) in [5.41, 5.74) is 0.933. The number of rotatable bonds is 4. The van der Waals surface area contributed by atoms with Crippen LogP contribution >= 0.6 is 11.6 Å². The predicted octanol–water partition coefficient (Wildman–Crippen LogP) is 3.81. The second-order valence-electron chi connectivity index (χ2n) is 3.95. The maximum Gasteiger partial charge on any atom is 0.164 e. The summed E-state index contributed by atoms with van der Waals surface area (Å²) in [6.45, 7) is 0.285. The Kier molecular flexibility index (Phi) is 4.12. The minimum absolute atomic E-state index is 0.0592. The van der Waals surface area contributed by atoms with Gasteiger partial charge in [0.2, 0.25) is 0 Å². The summed E-state index contributed by atoms with van der Waals surface area (Å²) in [6, 6.07) is 9.66. The number of phenols is 1. The maximum absolute atomic E-state index is 13.6. The molecule has 0 fully saturated rings. The first kappa shape index (κ1) is 13.5. The molecule has 0 spiro atoms. The van der Waals surface area contributed by atoms with Crippen LogP contribution in [0.1, 0.15) is 5.56 Å². The van der Waals surface area contributed by atoms with E-state index in [0.717, 1.165) is 0 Å². The first-order chi connectivity index (χ1) is 9.11.